The van der Waals surface area contributed by atoms with Crippen LogP contribution in [-0.2, 0) is 11.2 Å². The van der Waals surface area contributed by atoms with Crippen LogP contribution in [0.5, 0.6) is 0 Å². The van der Waals surface area contributed by atoms with E-state index in [2.05, 4.69) is 5.16 Å². The number of amides is 1. The van der Waals surface area contributed by atoms with Gasteiger partial charge in [0.1, 0.15) is 17.4 Å². The van der Waals surface area contributed by atoms with E-state index in [1.165, 1.54) is 18.1 Å². The first kappa shape index (κ1) is 14.2. The van der Waals surface area contributed by atoms with E-state index in [9.17, 15) is 9.59 Å². The van der Waals surface area contributed by atoms with E-state index in [0.717, 1.165) is 0 Å². The van der Waals surface area contributed by atoms with E-state index < -0.39 is 12.0 Å². The molecule has 0 saturated carbocycles. The zero-order valence-electron chi connectivity index (χ0n) is 11.0. The number of aryl methyl sites for hydroxylation is 1. The molecule has 1 unspecified atom stereocenters. The van der Waals surface area contributed by atoms with Crippen LogP contribution >= 0.6 is 0 Å². The Morgan fingerprint density at radius 1 is 1.50 bits per heavy atom. The minimum Gasteiger partial charge on any atom is -0.480 e. The van der Waals surface area contributed by atoms with Crippen LogP contribution in [0, 0.1) is 5.92 Å². The van der Waals surface area contributed by atoms with Gasteiger partial charge in [-0.2, -0.15) is 0 Å². The predicted molar refractivity (Wildman–Crippen MR) is 64.2 cm³/mol. The number of hydrogen-bond donors (Lipinski definition) is 1. The third-order valence-electron chi connectivity index (χ3n) is 2.82. The molecule has 1 N–H and O–H groups in total. The lowest BCUT2D eigenvalue weighted by Crippen LogP contribution is -2.45. The predicted octanol–water partition coefficient (Wildman–Crippen LogP) is 1.42. The number of carbonyl (C=O) groups excluding carboxylic acids is 1. The fraction of sp³-hybridized carbons (Fsp3) is 0.583. The number of likely N-dealkylation sites (N-methyl/N-ethyl adjacent to an activating group) is 1. The van der Waals surface area contributed by atoms with Crippen molar-refractivity contribution < 1.29 is 19.2 Å². The highest BCUT2D eigenvalue weighted by molar-refractivity contribution is 5.97. The summed E-state index contributed by atoms with van der Waals surface area (Å²) in [6.45, 7) is 5.36. The topological polar surface area (TPSA) is 83.6 Å². The Morgan fingerprint density at radius 2 is 2.11 bits per heavy atom. The summed E-state index contributed by atoms with van der Waals surface area (Å²) in [6.07, 6.45) is 1.87. The van der Waals surface area contributed by atoms with Crippen molar-refractivity contribution in [2.45, 2.75) is 33.2 Å². The molecule has 0 spiro atoms. The summed E-state index contributed by atoms with van der Waals surface area (Å²) < 4.78 is 4.94. The van der Waals surface area contributed by atoms with Crippen LogP contribution in [0.2, 0.25) is 0 Å². The fourth-order valence-electron chi connectivity index (χ4n) is 1.91. The van der Waals surface area contributed by atoms with Crippen molar-refractivity contribution in [2.24, 2.45) is 5.92 Å². The second-order valence-corrected chi connectivity index (χ2v) is 4.46. The van der Waals surface area contributed by atoms with Crippen molar-refractivity contribution in [1.29, 1.82) is 0 Å². The molecule has 0 aliphatic heterocycles. The molecular weight excluding hydrogens is 236 g/mol. The lowest BCUT2D eigenvalue weighted by atomic mass is 10.0. The maximum Gasteiger partial charge on any atom is 0.326 e. The number of carbonyl (C=O) groups is 2. The summed E-state index contributed by atoms with van der Waals surface area (Å²) in [7, 11) is 1.48. The molecule has 1 amide bonds. The highest BCUT2D eigenvalue weighted by atomic mass is 16.5. The second-order valence-electron chi connectivity index (χ2n) is 4.46. The monoisotopic (exact) mass is 254 g/mol. The molecule has 0 bridgehead atoms. The van der Waals surface area contributed by atoms with Gasteiger partial charge in [-0.3, -0.25) is 4.79 Å². The van der Waals surface area contributed by atoms with Crippen LogP contribution < -0.4 is 0 Å². The minimum absolute atomic E-state index is 0.179. The molecule has 1 heterocycles. The Balaban J connectivity index is 2.99. The van der Waals surface area contributed by atoms with Crippen molar-refractivity contribution in [1.82, 2.24) is 10.1 Å². The van der Waals surface area contributed by atoms with Crippen molar-refractivity contribution >= 4 is 11.9 Å². The lowest BCUT2D eigenvalue weighted by molar-refractivity contribution is -0.143. The van der Waals surface area contributed by atoms with E-state index in [1.807, 2.05) is 6.92 Å². The Labute approximate surface area is 106 Å². The van der Waals surface area contributed by atoms with Crippen LogP contribution in [0.3, 0.4) is 0 Å². The summed E-state index contributed by atoms with van der Waals surface area (Å²) in [6, 6.07) is -0.864. The summed E-state index contributed by atoms with van der Waals surface area (Å²) >= 11 is 0. The standard InChI is InChI=1S/C12H18N2O4/c1-5-9-8(6-13-18-9)11(15)14(4)10(7(2)3)12(16)17/h6-7,10H,5H2,1-4H3,(H,16,17). The molecule has 0 aliphatic rings. The zero-order chi connectivity index (χ0) is 13.9. The average Bonchev–Trinajstić information content (AvgIpc) is 2.74. The number of hydrogen-bond acceptors (Lipinski definition) is 4. The molecule has 0 saturated heterocycles. The molecular formula is C12H18N2O4. The molecule has 0 aromatic carbocycles. The Bertz CT molecular complexity index is 439. The van der Waals surface area contributed by atoms with Crippen LogP contribution in [-0.4, -0.2) is 40.1 Å². The maximum atomic E-state index is 12.2. The molecule has 0 radical (unpaired) electrons. The molecule has 1 aromatic heterocycles. The fourth-order valence-corrected chi connectivity index (χ4v) is 1.91. The summed E-state index contributed by atoms with van der Waals surface area (Å²) in [4.78, 5) is 24.6. The third kappa shape index (κ3) is 2.69. The van der Waals surface area contributed by atoms with E-state index in [0.29, 0.717) is 17.7 Å². The Kier molecular flexibility index (Phi) is 4.47. The number of rotatable bonds is 5. The number of carboxylic acids is 1. The summed E-state index contributed by atoms with van der Waals surface area (Å²) in [5.41, 5.74) is 0.326. The molecule has 1 rings (SSSR count). The summed E-state index contributed by atoms with van der Waals surface area (Å²) in [5.74, 6) is -1.11. The van der Waals surface area contributed by atoms with Crippen LogP contribution in [0.25, 0.3) is 0 Å². The maximum absolute atomic E-state index is 12.2. The van der Waals surface area contributed by atoms with E-state index in [1.54, 1.807) is 13.8 Å². The molecule has 1 aromatic rings. The van der Waals surface area contributed by atoms with Gasteiger partial charge in [-0.05, 0) is 5.92 Å². The average molecular weight is 254 g/mol. The first-order valence-electron chi connectivity index (χ1n) is 5.83. The SMILES string of the molecule is CCc1oncc1C(=O)N(C)C(C(=O)O)C(C)C. The number of carboxylic acid groups (broad SMARTS) is 1. The van der Waals surface area contributed by atoms with Crippen LogP contribution in [0.4, 0.5) is 0 Å². The van der Waals surface area contributed by atoms with Crippen molar-refractivity contribution in [3.63, 3.8) is 0 Å². The lowest BCUT2D eigenvalue weighted by Gasteiger charge is -2.27. The van der Waals surface area contributed by atoms with Crippen molar-refractivity contribution in [2.75, 3.05) is 7.05 Å². The van der Waals surface area contributed by atoms with E-state index >= 15 is 0 Å². The van der Waals surface area contributed by atoms with Crippen molar-refractivity contribution in [3.05, 3.63) is 17.5 Å². The largest absolute Gasteiger partial charge is 0.480 e. The van der Waals surface area contributed by atoms with Crippen molar-refractivity contribution in [3.8, 4) is 0 Å². The summed E-state index contributed by atoms with van der Waals surface area (Å²) in [5, 5.41) is 12.7. The van der Waals surface area contributed by atoms with Gasteiger partial charge in [0.15, 0.2) is 0 Å². The molecule has 18 heavy (non-hydrogen) atoms. The van der Waals surface area contributed by atoms with Gasteiger partial charge in [0.25, 0.3) is 5.91 Å². The van der Waals surface area contributed by atoms with Gasteiger partial charge in [0.05, 0.1) is 6.20 Å². The first-order valence-corrected chi connectivity index (χ1v) is 5.83. The zero-order valence-corrected chi connectivity index (χ0v) is 11.0. The Morgan fingerprint density at radius 3 is 2.56 bits per heavy atom. The first-order chi connectivity index (χ1) is 8.40. The molecule has 0 fully saturated rings. The molecule has 100 valence electrons. The molecule has 0 aliphatic carbocycles. The van der Waals surface area contributed by atoms with Crippen LogP contribution in [0.1, 0.15) is 36.9 Å². The third-order valence-corrected chi connectivity index (χ3v) is 2.82. The van der Waals surface area contributed by atoms with Gasteiger partial charge in [0, 0.05) is 13.5 Å². The van der Waals surface area contributed by atoms with Gasteiger partial charge in [-0.1, -0.05) is 25.9 Å². The highest BCUT2D eigenvalue weighted by Crippen LogP contribution is 2.16. The van der Waals surface area contributed by atoms with Crippen LogP contribution in [0.15, 0.2) is 10.7 Å². The molecule has 6 heteroatoms. The highest BCUT2D eigenvalue weighted by Gasteiger charge is 2.31. The van der Waals surface area contributed by atoms with Gasteiger partial charge < -0.3 is 14.5 Å². The number of aromatic nitrogens is 1. The quantitative estimate of drug-likeness (QED) is 0.859. The van der Waals surface area contributed by atoms with Gasteiger partial charge in [0.2, 0.25) is 0 Å². The van der Waals surface area contributed by atoms with Gasteiger partial charge >= 0.3 is 5.97 Å². The van der Waals surface area contributed by atoms with Gasteiger partial charge in [-0.15, -0.1) is 0 Å². The minimum atomic E-state index is -1.02. The normalized spacial score (nSPS) is 12.5. The molecule has 1 atom stereocenters. The Hall–Kier alpha value is -1.85. The smallest absolute Gasteiger partial charge is 0.326 e. The number of nitrogens with zero attached hydrogens (tertiary/aromatic N) is 2. The second kappa shape index (κ2) is 5.66. The van der Waals surface area contributed by atoms with Gasteiger partial charge in [-0.25, -0.2) is 4.79 Å². The van der Waals surface area contributed by atoms with E-state index in [4.69, 9.17) is 9.63 Å². The number of aliphatic carboxylic acids is 1. The van der Waals surface area contributed by atoms with E-state index in [-0.39, 0.29) is 11.8 Å². The molecule has 6 nitrogen and oxygen atoms in total.